The molecule has 0 spiro atoms. The van der Waals surface area contributed by atoms with E-state index in [4.69, 9.17) is 5.73 Å². The van der Waals surface area contributed by atoms with Gasteiger partial charge in [-0.15, -0.1) is 0 Å². The van der Waals surface area contributed by atoms with Gasteiger partial charge in [-0.25, -0.2) is 4.39 Å². The molecule has 0 radical (unpaired) electrons. The Morgan fingerprint density at radius 1 is 1.58 bits per heavy atom. The lowest BCUT2D eigenvalue weighted by atomic mass is 10.2. The number of amidine groups is 1. The SMILES string of the molecule is CC(N)=NCc1cccc(F)c1. The van der Waals surface area contributed by atoms with Gasteiger partial charge >= 0.3 is 0 Å². The predicted molar refractivity (Wildman–Crippen MR) is 47.4 cm³/mol. The van der Waals surface area contributed by atoms with E-state index in [0.717, 1.165) is 5.56 Å². The van der Waals surface area contributed by atoms with Crippen LogP contribution in [0.4, 0.5) is 4.39 Å². The summed E-state index contributed by atoms with van der Waals surface area (Å²) in [6, 6.07) is 6.33. The fourth-order valence-electron chi connectivity index (χ4n) is 0.851. The lowest BCUT2D eigenvalue weighted by Gasteiger charge is -1.96. The Labute approximate surface area is 70.9 Å². The van der Waals surface area contributed by atoms with Crippen molar-refractivity contribution in [2.75, 3.05) is 0 Å². The summed E-state index contributed by atoms with van der Waals surface area (Å²) in [4.78, 5) is 3.96. The van der Waals surface area contributed by atoms with Crippen molar-refractivity contribution in [1.82, 2.24) is 0 Å². The van der Waals surface area contributed by atoms with Crippen LogP contribution in [0.3, 0.4) is 0 Å². The Bertz CT molecular complexity index is 290. The third-order valence-corrected chi connectivity index (χ3v) is 1.40. The van der Waals surface area contributed by atoms with E-state index in [0.29, 0.717) is 12.4 Å². The Kier molecular flexibility index (Phi) is 2.80. The second-order valence-corrected chi connectivity index (χ2v) is 2.59. The van der Waals surface area contributed by atoms with Gasteiger partial charge in [0.25, 0.3) is 0 Å². The van der Waals surface area contributed by atoms with Crippen LogP contribution in [-0.2, 0) is 6.54 Å². The first-order chi connectivity index (χ1) is 5.68. The molecule has 1 aromatic rings. The molecule has 0 saturated carbocycles. The van der Waals surface area contributed by atoms with Crippen molar-refractivity contribution >= 4 is 5.84 Å². The van der Waals surface area contributed by atoms with Crippen molar-refractivity contribution in [2.24, 2.45) is 10.7 Å². The minimum absolute atomic E-state index is 0.239. The molecular formula is C9H11FN2. The van der Waals surface area contributed by atoms with Gasteiger partial charge in [0.2, 0.25) is 0 Å². The molecule has 0 fully saturated rings. The van der Waals surface area contributed by atoms with Crippen LogP contribution in [0.2, 0.25) is 0 Å². The van der Waals surface area contributed by atoms with E-state index in [9.17, 15) is 4.39 Å². The molecule has 1 rings (SSSR count). The zero-order chi connectivity index (χ0) is 8.97. The van der Waals surface area contributed by atoms with Gasteiger partial charge in [0.15, 0.2) is 0 Å². The molecule has 0 aromatic heterocycles. The minimum Gasteiger partial charge on any atom is -0.388 e. The highest BCUT2D eigenvalue weighted by Gasteiger charge is 1.92. The topological polar surface area (TPSA) is 38.4 Å². The predicted octanol–water partition coefficient (Wildman–Crippen LogP) is 1.70. The highest BCUT2D eigenvalue weighted by Crippen LogP contribution is 2.04. The van der Waals surface area contributed by atoms with Gasteiger partial charge in [-0.1, -0.05) is 12.1 Å². The molecule has 2 N–H and O–H groups in total. The molecule has 0 amide bonds. The number of hydrogen-bond acceptors (Lipinski definition) is 1. The maximum atomic E-state index is 12.6. The molecule has 2 nitrogen and oxygen atoms in total. The summed E-state index contributed by atoms with van der Waals surface area (Å²) in [7, 11) is 0. The quantitative estimate of drug-likeness (QED) is 0.527. The smallest absolute Gasteiger partial charge is 0.123 e. The van der Waals surface area contributed by atoms with Crippen LogP contribution in [-0.4, -0.2) is 5.84 Å². The second kappa shape index (κ2) is 3.85. The highest BCUT2D eigenvalue weighted by atomic mass is 19.1. The fourth-order valence-corrected chi connectivity index (χ4v) is 0.851. The molecule has 0 heterocycles. The molecule has 0 aliphatic carbocycles. The van der Waals surface area contributed by atoms with E-state index in [1.807, 2.05) is 6.07 Å². The molecule has 0 unspecified atom stereocenters. The van der Waals surface area contributed by atoms with Gasteiger partial charge in [-0.05, 0) is 24.6 Å². The van der Waals surface area contributed by atoms with Crippen LogP contribution in [0.1, 0.15) is 12.5 Å². The standard InChI is InChI=1S/C9H11FN2/c1-7(11)12-6-8-3-2-4-9(10)5-8/h2-5H,6H2,1H3,(H2,11,12). The number of aliphatic imine (C=N–C) groups is 1. The van der Waals surface area contributed by atoms with E-state index in [-0.39, 0.29) is 5.82 Å². The van der Waals surface area contributed by atoms with Crippen LogP contribution >= 0.6 is 0 Å². The molecule has 0 aliphatic heterocycles. The monoisotopic (exact) mass is 166 g/mol. The van der Waals surface area contributed by atoms with Gasteiger partial charge in [0.1, 0.15) is 5.82 Å². The first kappa shape index (κ1) is 8.71. The van der Waals surface area contributed by atoms with Gasteiger partial charge in [-0.2, -0.15) is 0 Å². The van der Waals surface area contributed by atoms with Crippen LogP contribution in [0.15, 0.2) is 29.3 Å². The number of nitrogens with two attached hydrogens (primary N) is 1. The van der Waals surface area contributed by atoms with Crippen LogP contribution in [0.25, 0.3) is 0 Å². The largest absolute Gasteiger partial charge is 0.388 e. The normalized spacial score (nSPS) is 11.7. The number of hydrogen-bond donors (Lipinski definition) is 1. The summed E-state index contributed by atoms with van der Waals surface area (Å²) in [5.74, 6) is 0.275. The second-order valence-electron chi connectivity index (χ2n) is 2.59. The van der Waals surface area contributed by atoms with Crippen molar-refractivity contribution in [1.29, 1.82) is 0 Å². The molecular weight excluding hydrogens is 155 g/mol. The van der Waals surface area contributed by atoms with Crippen molar-refractivity contribution in [2.45, 2.75) is 13.5 Å². The molecule has 0 saturated heterocycles. The number of halogens is 1. The fraction of sp³-hybridized carbons (Fsp3) is 0.222. The summed E-state index contributed by atoms with van der Waals surface area (Å²) in [5.41, 5.74) is 6.17. The summed E-state index contributed by atoms with van der Waals surface area (Å²) in [6.45, 7) is 2.15. The lowest BCUT2D eigenvalue weighted by Crippen LogP contribution is -2.05. The molecule has 0 atom stereocenters. The van der Waals surface area contributed by atoms with E-state index >= 15 is 0 Å². The molecule has 0 bridgehead atoms. The molecule has 64 valence electrons. The average Bonchev–Trinajstić information content (AvgIpc) is 2.01. The Hall–Kier alpha value is -1.38. The summed E-state index contributed by atoms with van der Waals surface area (Å²) in [6.07, 6.45) is 0. The molecule has 0 aliphatic rings. The molecule has 3 heteroatoms. The molecule has 12 heavy (non-hydrogen) atoms. The Balaban J connectivity index is 2.70. The maximum Gasteiger partial charge on any atom is 0.123 e. The third kappa shape index (κ3) is 2.70. The summed E-state index contributed by atoms with van der Waals surface area (Å²) < 4.78 is 12.6. The minimum atomic E-state index is -0.239. The maximum absolute atomic E-state index is 12.6. The lowest BCUT2D eigenvalue weighted by molar-refractivity contribution is 0.625. The van der Waals surface area contributed by atoms with E-state index in [1.165, 1.54) is 12.1 Å². The van der Waals surface area contributed by atoms with Crippen LogP contribution in [0.5, 0.6) is 0 Å². The Morgan fingerprint density at radius 3 is 2.92 bits per heavy atom. The summed E-state index contributed by atoms with van der Waals surface area (Å²) in [5, 5.41) is 0. The summed E-state index contributed by atoms with van der Waals surface area (Å²) >= 11 is 0. The Morgan fingerprint density at radius 2 is 2.33 bits per heavy atom. The van der Waals surface area contributed by atoms with Crippen molar-refractivity contribution in [3.8, 4) is 0 Å². The number of rotatable bonds is 2. The third-order valence-electron chi connectivity index (χ3n) is 1.40. The van der Waals surface area contributed by atoms with Gasteiger partial charge in [0.05, 0.1) is 12.4 Å². The van der Waals surface area contributed by atoms with E-state index < -0.39 is 0 Å². The van der Waals surface area contributed by atoms with Crippen molar-refractivity contribution in [3.63, 3.8) is 0 Å². The first-order valence-electron chi connectivity index (χ1n) is 3.69. The highest BCUT2D eigenvalue weighted by molar-refractivity contribution is 5.77. The van der Waals surface area contributed by atoms with E-state index in [2.05, 4.69) is 4.99 Å². The van der Waals surface area contributed by atoms with Crippen LogP contribution in [0, 0.1) is 5.82 Å². The zero-order valence-corrected chi connectivity index (χ0v) is 6.92. The number of benzene rings is 1. The van der Waals surface area contributed by atoms with Crippen molar-refractivity contribution < 1.29 is 4.39 Å². The van der Waals surface area contributed by atoms with Crippen LogP contribution < -0.4 is 5.73 Å². The van der Waals surface area contributed by atoms with E-state index in [1.54, 1.807) is 13.0 Å². The first-order valence-corrected chi connectivity index (χ1v) is 3.69. The molecule has 1 aromatic carbocycles. The van der Waals surface area contributed by atoms with Gasteiger partial charge in [0, 0.05) is 0 Å². The number of nitrogens with zero attached hydrogens (tertiary/aromatic N) is 1. The van der Waals surface area contributed by atoms with Gasteiger partial charge in [-0.3, -0.25) is 4.99 Å². The van der Waals surface area contributed by atoms with Crippen molar-refractivity contribution in [3.05, 3.63) is 35.6 Å². The average molecular weight is 166 g/mol. The van der Waals surface area contributed by atoms with Gasteiger partial charge < -0.3 is 5.73 Å². The zero-order valence-electron chi connectivity index (χ0n) is 6.92.